The Kier molecular flexibility index (Phi) is 2.11. The van der Waals surface area contributed by atoms with Gasteiger partial charge in [-0.25, -0.2) is 0 Å². The van der Waals surface area contributed by atoms with Crippen LogP contribution in [0.2, 0.25) is 0 Å². The monoisotopic (exact) mass is 206 g/mol. The van der Waals surface area contributed by atoms with E-state index in [-0.39, 0.29) is 5.54 Å². The van der Waals surface area contributed by atoms with Crippen molar-refractivity contribution in [3.05, 3.63) is 23.2 Å². The number of piperidine rings is 1. The first-order chi connectivity index (χ1) is 7.30. The molecular formula is C12H18N2O. The lowest BCUT2D eigenvalue weighted by molar-refractivity contribution is 0.226. The van der Waals surface area contributed by atoms with Crippen LogP contribution in [0.15, 0.2) is 10.5 Å². The molecule has 82 valence electrons. The summed E-state index contributed by atoms with van der Waals surface area (Å²) in [6.07, 6.45) is 3.40. The zero-order valence-corrected chi connectivity index (χ0v) is 9.23. The van der Waals surface area contributed by atoms with Gasteiger partial charge in [0.1, 0.15) is 11.5 Å². The zero-order valence-electron chi connectivity index (χ0n) is 9.23. The van der Waals surface area contributed by atoms with Gasteiger partial charge in [0, 0.05) is 24.1 Å². The summed E-state index contributed by atoms with van der Waals surface area (Å²) in [7, 11) is 0. The predicted octanol–water partition coefficient (Wildman–Crippen LogP) is 1.31. The van der Waals surface area contributed by atoms with Crippen LogP contribution in [0.4, 0.5) is 0 Å². The van der Waals surface area contributed by atoms with Gasteiger partial charge in [-0.15, -0.1) is 0 Å². The molecule has 0 unspecified atom stereocenters. The smallest absolute Gasteiger partial charge is 0.110 e. The molecule has 3 rings (SSSR count). The Labute approximate surface area is 90.2 Å². The van der Waals surface area contributed by atoms with Crippen LogP contribution in [-0.4, -0.2) is 19.6 Å². The van der Waals surface area contributed by atoms with Gasteiger partial charge >= 0.3 is 0 Å². The van der Waals surface area contributed by atoms with E-state index in [1.54, 1.807) is 0 Å². The van der Waals surface area contributed by atoms with E-state index in [1.165, 1.54) is 24.2 Å². The third-order valence-electron chi connectivity index (χ3n) is 3.72. The van der Waals surface area contributed by atoms with Crippen molar-refractivity contribution in [3.8, 4) is 0 Å². The Morgan fingerprint density at radius 1 is 1.27 bits per heavy atom. The first-order valence-corrected chi connectivity index (χ1v) is 5.86. The summed E-state index contributed by atoms with van der Waals surface area (Å²) < 4.78 is 5.77. The molecule has 1 fully saturated rings. The molecule has 3 heteroatoms. The van der Waals surface area contributed by atoms with Gasteiger partial charge in [0.15, 0.2) is 0 Å². The molecule has 3 nitrogen and oxygen atoms in total. The highest BCUT2D eigenvalue weighted by Gasteiger charge is 2.39. The quantitative estimate of drug-likeness (QED) is 0.672. The van der Waals surface area contributed by atoms with Gasteiger partial charge in [-0.05, 0) is 38.9 Å². The van der Waals surface area contributed by atoms with Crippen molar-refractivity contribution >= 4 is 0 Å². The fourth-order valence-electron chi connectivity index (χ4n) is 2.96. The fraction of sp³-hybridized carbons (Fsp3) is 0.667. The molecule has 2 N–H and O–H groups in total. The molecule has 2 aliphatic rings. The van der Waals surface area contributed by atoms with E-state index in [0.717, 1.165) is 31.8 Å². The van der Waals surface area contributed by atoms with Crippen molar-refractivity contribution in [3.63, 3.8) is 0 Å². The van der Waals surface area contributed by atoms with Crippen LogP contribution in [-0.2, 0) is 12.0 Å². The SMILES string of the molecule is Cc1cc2c(o1)CCNC21CCNCC1. The van der Waals surface area contributed by atoms with E-state index in [0.29, 0.717) is 0 Å². The van der Waals surface area contributed by atoms with E-state index >= 15 is 0 Å². The molecule has 1 aromatic rings. The van der Waals surface area contributed by atoms with Gasteiger partial charge in [-0.3, -0.25) is 0 Å². The molecule has 0 radical (unpaired) electrons. The standard InChI is InChI=1S/C12H18N2O/c1-9-8-10-11(15-9)2-5-14-12(10)3-6-13-7-4-12/h8,13-14H,2-7H2,1H3. The summed E-state index contributed by atoms with van der Waals surface area (Å²) in [4.78, 5) is 0. The van der Waals surface area contributed by atoms with E-state index in [2.05, 4.69) is 16.7 Å². The van der Waals surface area contributed by atoms with Gasteiger partial charge in [0.25, 0.3) is 0 Å². The maximum atomic E-state index is 5.77. The molecule has 2 aliphatic heterocycles. The summed E-state index contributed by atoms with van der Waals surface area (Å²) in [5, 5.41) is 7.13. The molecule has 0 amide bonds. The summed E-state index contributed by atoms with van der Waals surface area (Å²) in [6.45, 7) is 5.32. The summed E-state index contributed by atoms with van der Waals surface area (Å²) in [5.74, 6) is 2.27. The molecule has 15 heavy (non-hydrogen) atoms. The van der Waals surface area contributed by atoms with Crippen molar-refractivity contribution in [1.29, 1.82) is 0 Å². The Morgan fingerprint density at radius 2 is 2.07 bits per heavy atom. The van der Waals surface area contributed by atoms with Crippen LogP contribution in [0.1, 0.15) is 29.9 Å². The summed E-state index contributed by atoms with van der Waals surface area (Å²) in [6, 6.07) is 2.23. The molecule has 1 saturated heterocycles. The highest BCUT2D eigenvalue weighted by atomic mass is 16.3. The maximum Gasteiger partial charge on any atom is 0.110 e. The topological polar surface area (TPSA) is 37.2 Å². The second-order valence-corrected chi connectivity index (χ2v) is 4.70. The largest absolute Gasteiger partial charge is 0.466 e. The Bertz CT molecular complexity index is 364. The second kappa shape index (κ2) is 3.35. The lowest BCUT2D eigenvalue weighted by atomic mass is 9.79. The van der Waals surface area contributed by atoms with E-state index in [4.69, 9.17) is 4.42 Å². The number of rotatable bonds is 0. The molecule has 3 heterocycles. The minimum Gasteiger partial charge on any atom is -0.466 e. The van der Waals surface area contributed by atoms with Crippen LogP contribution in [0.3, 0.4) is 0 Å². The number of furan rings is 1. The Morgan fingerprint density at radius 3 is 2.87 bits per heavy atom. The molecule has 0 saturated carbocycles. The Hall–Kier alpha value is -0.800. The number of hydrogen-bond acceptors (Lipinski definition) is 3. The van der Waals surface area contributed by atoms with Crippen molar-refractivity contribution in [2.75, 3.05) is 19.6 Å². The number of hydrogen-bond donors (Lipinski definition) is 2. The average Bonchev–Trinajstić information content (AvgIpc) is 2.62. The molecule has 0 aromatic carbocycles. The minimum absolute atomic E-state index is 0.205. The first-order valence-electron chi connectivity index (χ1n) is 5.86. The normalized spacial score (nSPS) is 24.1. The fourth-order valence-corrected chi connectivity index (χ4v) is 2.96. The van der Waals surface area contributed by atoms with E-state index in [9.17, 15) is 0 Å². The molecule has 0 atom stereocenters. The van der Waals surface area contributed by atoms with Crippen LogP contribution in [0, 0.1) is 6.92 Å². The average molecular weight is 206 g/mol. The van der Waals surface area contributed by atoms with Crippen LogP contribution in [0.5, 0.6) is 0 Å². The first kappa shape index (κ1) is 9.43. The molecular weight excluding hydrogens is 188 g/mol. The Balaban J connectivity index is 2.03. The molecule has 0 bridgehead atoms. The lowest BCUT2D eigenvalue weighted by Crippen LogP contribution is -2.52. The van der Waals surface area contributed by atoms with Crippen LogP contribution >= 0.6 is 0 Å². The van der Waals surface area contributed by atoms with Crippen LogP contribution in [0.25, 0.3) is 0 Å². The lowest BCUT2D eigenvalue weighted by Gasteiger charge is -2.41. The molecule has 1 spiro atoms. The minimum atomic E-state index is 0.205. The van der Waals surface area contributed by atoms with Gasteiger partial charge < -0.3 is 15.1 Å². The number of aryl methyl sites for hydroxylation is 1. The highest BCUT2D eigenvalue weighted by Crippen LogP contribution is 2.37. The van der Waals surface area contributed by atoms with Crippen molar-refractivity contribution in [2.24, 2.45) is 0 Å². The third-order valence-corrected chi connectivity index (χ3v) is 3.72. The zero-order chi connectivity index (χ0) is 10.3. The van der Waals surface area contributed by atoms with Crippen molar-refractivity contribution in [1.82, 2.24) is 10.6 Å². The van der Waals surface area contributed by atoms with Gasteiger partial charge in [-0.1, -0.05) is 0 Å². The maximum absolute atomic E-state index is 5.77. The van der Waals surface area contributed by atoms with Gasteiger partial charge in [0.2, 0.25) is 0 Å². The molecule has 0 aliphatic carbocycles. The molecule has 1 aromatic heterocycles. The highest BCUT2D eigenvalue weighted by molar-refractivity contribution is 5.33. The number of nitrogens with one attached hydrogen (secondary N) is 2. The second-order valence-electron chi connectivity index (χ2n) is 4.70. The van der Waals surface area contributed by atoms with Gasteiger partial charge in [-0.2, -0.15) is 0 Å². The van der Waals surface area contributed by atoms with Crippen LogP contribution < -0.4 is 10.6 Å². The predicted molar refractivity (Wildman–Crippen MR) is 58.9 cm³/mol. The van der Waals surface area contributed by atoms with Crippen molar-refractivity contribution in [2.45, 2.75) is 31.7 Å². The van der Waals surface area contributed by atoms with Crippen molar-refractivity contribution < 1.29 is 4.42 Å². The van der Waals surface area contributed by atoms with E-state index < -0.39 is 0 Å². The third kappa shape index (κ3) is 1.42. The van der Waals surface area contributed by atoms with Gasteiger partial charge in [0.05, 0.1) is 0 Å². The summed E-state index contributed by atoms with van der Waals surface area (Å²) in [5.41, 5.74) is 1.63. The van der Waals surface area contributed by atoms with E-state index in [1.807, 2.05) is 6.92 Å². The summed E-state index contributed by atoms with van der Waals surface area (Å²) >= 11 is 0. The number of fused-ring (bicyclic) bond motifs is 2.